The topological polar surface area (TPSA) is 32.3 Å². The Kier molecular flexibility index (Phi) is 6.95. The summed E-state index contributed by atoms with van der Waals surface area (Å²) < 4.78 is 0. The Bertz CT molecular complexity index is 578. The van der Waals surface area contributed by atoms with Gasteiger partial charge in [-0.05, 0) is 69.7 Å². The zero-order chi connectivity index (χ0) is 17.5. The van der Waals surface area contributed by atoms with Crippen LogP contribution >= 0.6 is 11.6 Å². The Morgan fingerprint density at radius 1 is 1.08 bits per heavy atom. The van der Waals surface area contributed by atoms with E-state index in [0.717, 1.165) is 24.7 Å². The maximum atomic E-state index is 5.82. The fourth-order valence-corrected chi connectivity index (χ4v) is 4.02. The van der Waals surface area contributed by atoms with Gasteiger partial charge in [0.05, 0.1) is 6.54 Å². The Balaban J connectivity index is 1.39. The quantitative estimate of drug-likeness (QED) is 0.759. The number of hydrogen-bond acceptors (Lipinski definition) is 4. The number of halogens is 1. The minimum Gasteiger partial charge on any atom is -0.355 e. The molecule has 1 aromatic rings. The van der Waals surface area contributed by atoms with Gasteiger partial charge in [-0.2, -0.15) is 0 Å². The Hall–Kier alpha value is -1.31. The molecule has 1 aliphatic carbocycles. The maximum Gasteiger partial charge on any atom is 0.151 e. The highest BCUT2D eigenvalue weighted by atomic mass is 35.5. The van der Waals surface area contributed by atoms with Gasteiger partial charge in [0.15, 0.2) is 11.0 Å². The molecule has 0 radical (unpaired) electrons. The smallest absolute Gasteiger partial charge is 0.151 e. The van der Waals surface area contributed by atoms with Gasteiger partial charge >= 0.3 is 0 Å². The number of likely N-dealkylation sites (tertiary alicyclic amines) is 1. The molecule has 2 heterocycles. The second-order valence-electron chi connectivity index (χ2n) is 7.39. The normalized spacial score (nSPS) is 24.4. The van der Waals surface area contributed by atoms with Crippen molar-refractivity contribution in [2.24, 2.45) is 5.92 Å². The Morgan fingerprint density at radius 2 is 1.84 bits per heavy atom. The van der Waals surface area contributed by atoms with E-state index in [4.69, 9.17) is 11.6 Å². The van der Waals surface area contributed by atoms with Crippen molar-refractivity contribution in [3.8, 4) is 11.8 Å². The van der Waals surface area contributed by atoms with E-state index in [1.165, 1.54) is 58.0 Å². The standard InChI is InChI=1S/C20H29ClN4/c1-24(20-13-12-19(21)22-23-20)18-10-8-17(9-11-18)7-3-6-16-25-14-4-2-5-15-25/h12-13,17-18H,2,4-5,7-11,14-16H2,1H3/t17-,18-. The summed E-state index contributed by atoms with van der Waals surface area (Å²) in [6.07, 6.45) is 10.1. The molecule has 3 rings (SSSR count). The van der Waals surface area contributed by atoms with Crippen molar-refractivity contribution >= 4 is 17.4 Å². The highest BCUT2D eigenvalue weighted by Gasteiger charge is 2.24. The molecule has 1 saturated carbocycles. The summed E-state index contributed by atoms with van der Waals surface area (Å²) >= 11 is 5.82. The first-order valence-electron chi connectivity index (χ1n) is 9.62. The van der Waals surface area contributed by atoms with E-state index in [2.05, 4.69) is 38.9 Å². The Morgan fingerprint density at radius 3 is 2.52 bits per heavy atom. The van der Waals surface area contributed by atoms with Crippen LogP contribution in [0.3, 0.4) is 0 Å². The SMILES string of the molecule is CN(c1ccc(Cl)nn1)[C@H]1CC[C@H](CC#CCN2CCCCC2)CC1. The molecule has 2 fully saturated rings. The molecule has 0 N–H and O–H groups in total. The number of piperidine rings is 1. The van der Waals surface area contributed by atoms with E-state index in [9.17, 15) is 0 Å². The lowest BCUT2D eigenvalue weighted by Gasteiger charge is -2.34. The molecule has 1 aromatic heterocycles. The number of nitrogens with zero attached hydrogens (tertiary/aromatic N) is 4. The summed E-state index contributed by atoms with van der Waals surface area (Å²) in [5.41, 5.74) is 0. The predicted molar refractivity (Wildman–Crippen MR) is 104 cm³/mol. The second kappa shape index (κ2) is 9.40. The summed E-state index contributed by atoms with van der Waals surface area (Å²) in [4.78, 5) is 4.75. The van der Waals surface area contributed by atoms with Crippen LogP contribution in [0.15, 0.2) is 12.1 Å². The van der Waals surface area contributed by atoms with E-state index in [1.807, 2.05) is 12.1 Å². The lowest BCUT2D eigenvalue weighted by atomic mass is 9.84. The Labute approximate surface area is 156 Å². The largest absolute Gasteiger partial charge is 0.355 e. The molecule has 0 spiro atoms. The van der Waals surface area contributed by atoms with E-state index in [-0.39, 0.29) is 0 Å². The molecule has 0 aromatic carbocycles. The average Bonchev–Trinajstić information content (AvgIpc) is 2.67. The van der Waals surface area contributed by atoms with Gasteiger partial charge in [0.1, 0.15) is 0 Å². The van der Waals surface area contributed by atoms with Crippen LogP contribution in [0.4, 0.5) is 5.82 Å². The fraction of sp³-hybridized carbons (Fsp3) is 0.700. The number of rotatable bonds is 4. The van der Waals surface area contributed by atoms with Gasteiger partial charge in [-0.1, -0.05) is 23.9 Å². The summed E-state index contributed by atoms with van der Waals surface area (Å²) in [5, 5.41) is 8.59. The lowest BCUT2D eigenvalue weighted by molar-refractivity contribution is 0.255. The maximum absolute atomic E-state index is 5.82. The van der Waals surface area contributed by atoms with Crippen molar-refractivity contribution in [2.45, 2.75) is 57.4 Å². The van der Waals surface area contributed by atoms with Crippen LogP contribution in [-0.2, 0) is 0 Å². The molecule has 0 bridgehead atoms. The van der Waals surface area contributed by atoms with Crippen molar-refractivity contribution in [1.82, 2.24) is 15.1 Å². The number of anilines is 1. The third-order valence-corrected chi connectivity index (χ3v) is 5.81. The minimum atomic E-state index is 0.448. The molecule has 0 unspecified atom stereocenters. The van der Waals surface area contributed by atoms with Crippen molar-refractivity contribution in [3.05, 3.63) is 17.3 Å². The van der Waals surface area contributed by atoms with E-state index < -0.39 is 0 Å². The number of hydrogen-bond donors (Lipinski definition) is 0. The van der Waals surface area contributed by atoms with Crippen molar-refractivity contribution < 1.29 is 0 Å². The van der Waals surface area contributed by atoms with Crippen LogP contribution in [0.2, 0.25) is 5.15 Å². The zero-order valence-corrected chi connectivity index (χ0v) is 16.0. The van der Waals surface area contributed by atoms with Gasteiger partial charge in [-0.3, -0.25) is 4.90 Å². The van der Waals surface area contributed by atoms with Crippen LogP contribution < -0.4 is 4.90 Å². The number of aromatic nitrogens is 2. The summed E-state index contributed by atoms with van der Waals surface area (Å²) in [6, 6.07) is 4.31. The van der Waals surface area contributed by atoms with Crippen LogP contribution in [0, 0.1) is 17.8 Å². The van der Waals surface area contributed by atoms with Gasteiger partial charge in [0, 0.05) is 19.5 Å². The molecular weight excluding hydrogens is 332 g/mol. The van der Waals surface area contributed by atoms with E-state index in [1.54, 1.807) is 0 Å². The van der Waals surface area contributed by atoms with Gasteiger partial charge in [0.2, 0.25) is 0 Å². The van der Waals surface area contributed by atoms with Crippen molar-refractivity contribution in [1.29, 1.82) is 0 Å². The summed E-state index contributed by atoms with van der Waals surface area (Å²) in [6.45, 7) is 3.44. The van der Waals surface area contributed by atoms with Gasteiger partial charge in [-0.15, -0.1) is 16.1 Å². The third kappa shape index (κ3) is 5.59. The fourth-order valence-electron chi connectivity index (χ4n) is 3.92. The molecule has 1 aliphatic heterocycles. The van der Waals surface area contributed by atoms with E-state index >= 15 is 0 Å². The van der Waals surface area contributed by atoms with Crippen LogP contribution in [-0.4, -0.2) is 47.8 Å². The van der Waals surface area contributed by atoms with Gasteiger partial charge in [-0.25, -0.2) is 0 Å². The lowest BCUT2D eigenvalue weighted by Crippen LogP contribution is -2.35. The monoisotopic (exact) mass is 360 g/mol. The average molecular weight is 361 g/mol. The van der Waals surface area contributed by atoms with Crippen LogP contribution in [0.1, 0.15) is 51.4 Å². The highest BCUT2D eigenvalue weighted by molar-refractivity contribution is 6.29. The first kappa shape index (κ1) is 18.5. The first-order chi connectivity index (χ1) is 12.2. The molecule has 5 heteroatoms. The van der Waals surface area contributed by atoms with E-state index in [0.29, 0.717) is 11.2 Å². The van der Waals surface area contributed by atoms with Crippen molar-refractivity contribution in [2.75, 3.05) is 31.6 Å². The minimum absolute atomic E-state index is 0.448. The molecule has 136 valence electrons. The molecule has 4 nitrogen and oxygen atoms in total. The summed E-state index contributed by atoms with van der Waals surface area (Å²) in [5.74, 6) is 8.51. The molecule has 0 amide bonds. The van der Waals surface area contributed by atoms with Crippen LogP contribution in [0.5, 0.6) is 0 Å². The molecule has 1 saturated heterocycles. The summed E-state index contributed by atoms with van der Waals surface area (Å²) in [7, 11) is 2.11. The predicted octanol–water partition coefficient (Wildman–Crippen LogP) is 4.00. The first-order valence-corrected chi connectivity index (χ1v) is 10.0. The highest BCUT2D eigenvalue weighted by Crippen LogP contribution is 2.30. The van der Waals surface area contributed by atoms with Crippen LogP contribution in [0.25, 0.3) is 0 Å². The molecule has 0 atom stereocenters. The molecule has 2 aliphatic rings. The third-order valence-electron chi connectivity index (χ3n) is 5.61. The van der Waals surface area contributed by atoms with Crippen molar-refractivity contribution in [3.63, 3.8) is 0 Å². The zero-order valence-electron chi connectivity index (χ0n) is 15.3. The van der Waals surface area contributed by atoms with Gasteiger partial charge in [0.25, 0.3) is 0 Å². The molecule has 25 heavy (non-hydrogen) atoms. The molecular formula is C20H29ClN4. The van der Waals surface area contributed by atoms with Gasteiger partial charge < -0.3 is 4.90 Å². The second-order valence-corrected chi connectivity index (χ2v) is 7.78.